The highest BCUT2D eigenvalue weighted by molar-refractivity contribution is 4.90. The molecule has 0 aromatic carbocycles. The summed E-state index contributed by atoms with van der Waals surface area (Å²) in [5.74, 6) is 0. The van der Waals surface area contributed by atoms with E-state index in [1.165, 1.54) is 0 Å². The zero-order valence-electron chi connectivity index (χ0n) is 5.10. The molecule has 0 atom stereocenters. The summed E-state index contributed by atoms with van der Waals surface area (Å²) >= 11 is -0.142. The van der Waals surface area contributed by atoms with Crippen LogP contribution < -0.4 is 21.2 Å². The van der Waals surface area contributed by atoms with Crippen molar-refractivity contribution in [1.82, 2.24) is 0 Å². The Morgan fingerprint density at radius 1 is 1.00 bits per heavy atom. The molecule has 0 saturated carbocycles. The van der Waals surface area contributed by atoms with Crippen molar-refractivity contribution in [2.75, 3.05) is 0 Å². The van der Waals surface area contributed by atoms with E-state index in [4.69, 9.17) is 0 Å². The van der Waals surface area contributed by atoms with E-state index in [9.17, 15) is 0 Å². The maximum Gasteiger partial charge on any atom is 0.118 e. The normalized spacial score (nSPS) is 10.7. The van der Waals surface area contributed by atoms with Crippen LogP contribution in [0.5, 0.6) is 0 Å². The zero-order chi connectivity index (χ0) is 6.95. The maximum absolute atomic E-state index is 3.52. The van der Waals surface area contributed by atoms with Crippen LogP contribution in [0.4, 0.5) is 0 Å². The summed E-state index contributed by atoms with van der Waals surface area (Å²) in [5.41, 5.74) is 0. The molecule has 9 heavy (non-hydrogen) atoms. The molecule has 0 aliphatic carbocycles. The topological polar surface area (TPSA) is 0 Å². The first-order valence-corrected chi connectivity index (χ1v) is 4.60. The molecule has 0 bridgehead atoms. The molecular weight excluding hydrogens is 223 g/mol. The van der Waals surface area contributed by atoms with E-state index in [0.29, 0.717) is 0 Å². The summed E-state index contributed by atoms with van der Waals surface area (Å²) in [6.07, 6.45) is 7.07. The summed E-state index contributed by atoms with van der Waals surface area (Å²) in [7, 11) is 0. The van der Waals surface area contributed by atoms with Gasteiger partial charge in [0.05, 0.1) is 0 Å². The van der Waals surface area contributed by atoms with E-state index in [0.717, 1.165) is 0 Å². The molecule has 0 aliphatic heterocycles. The van der Waals surface area contributed by atoms with Crippen LogP contribution in [0.15, 0.2) is 37.5 Å². The first kappa shape index (κ1) is 8.69. The summed E-state index contributed by atoms with van der Waals surface area (Å²) in [5, 5.41) is 0. The lowest BCUT2D eigenvalue weighted by Gasteiger charge is -1.75. The fraction of sp³-hybridized carbons (Fsp3) is 0. The summed E-state index contributed by atoms with van der Waals surface area (Å²) in [4.78, 5) is 0. The fourth-order valence-corrected chi connectivity index (χ4v) is 1.23. The highest BCUT2D eigenvalue weighted by Crippen LogP contribution is 1.58. The Bertz CT molecular complexity index is 116. The van der Waals surface area contributed by atoms with Crippen molar-refractivity contribution < 1.29 is 21.2 Å². The summed E-state index contributed by atoms with van der Waals surface area (Å²) in [6, 6.07) is 0. The second kappa shape index (κ2) is 7.69. The van der Waals surface area contributed by atoms with E-state index < -0.39 is 0 Å². The van der Waals surface area contributed by atoms with Crippen molar-refractivity contribution in [2.45, 2.75) is 0 Å². The molecule has 0 radical (unpaired) electrons. The monoisotopic (exact) mass is 231 g/mol. The molecule has 0 amide bonds. The molecule has 0 aromatic heterocycles. The lowest BCUT2D eigenvalue weighted by atomic mass is 10.6. The lowest BCUT2D eigenvalue weighted by Crippen LogP contribution is -3.57. The van der Waals surface area contributed by atoms with Crippen molar-refractivity contribution in [3.8, 4) is 0 Å². The quantitative estimate of drug-likeness (QED) is 0.333. The summed E-state index contributed by atoms with van der Waals surface area (Å²) in [6.45, 7) is 7.04. The van der Waals surface area contributed by atoms with Crippen LogP contribution in [-0.4, -0.2) is 0 Å². The SMILES string of the molecule is C=CC=[C-][I+][C-]=CC=C. The number of rotatable bonds is 4. The predicted octanol–water partition coefficient (Wildman–Crippen LogP) is -0.919. The van der Waals surface area contributed by atoms with Gasteiger partial charge in [0.2, 0.25) is 0 Å². The lowest BCUT2D eigenvalue weighted by molar-refractivity contribution is -0.546. The van der Waals surface area contributed by atoms with Crippen molar-refractivity contribution in [1.29, 1.82) is 0 Å². The van der Waals surface area contributed by atoms with E-state index >= 15 is 0 Å². The molecule has 0 spiro atoms. The fourth-order valence-electron chi connectivity index (χ4n) is 0.184. The van der Waals surface area contributed by atoms with Gasteiger partial charge in [-0.3, -0.25) is 0 Å². The third kappa shape index (κ3) is 7.69. The van der Waals surface area contributed by atoms with Gasteiger partial charge in [0, 0.05) is 8.17 Å². The van der Waals surface area contributed by atoms with Crippen LogP contribution in [0.2, 0.25) is 0 Å². The van der Waals surface area contributed by atoms with Gasteiger partial charge in [0.1, 0.15) is 21.2 Å². The van der Waals surface area contributed by atoms with Gasteiger partial charge < -0.3 is 0 Å². The van der Waals surface area contributed by atoms with Gasteiger partial charge in [0.15, 0.2) is 0 Å². The Kier molecular flexibility index (Phi) is 7.43. The van der Waals surface area contributed by atoms with Gasteiger partial charge in [0.25, 0.3) is 0 Å². The molecule has 0 nitrogen and oxygen atoms in total. The minimum atomic E-state index is -0.142. The standard InChI is InChI=1S/C8H8I/c1-3-5-7-9-8-6-4-2/h3-6H,1-2H2/q-1. The van der Waals surface area contributed by atoms with Gasteiger partial charge in [-0.15, -0.1) is 0 Å². The zero-order valence-corrected chi connectivity index (χ0v) is 7.26. The van der Waals surface area contributed by atoms with Crippen molar-refractivity contribution in [3.63, 3.8) is 0 Å². The van der Waals surface area contributed by atoms with E-state index in [1.54, 1.807) is 12.2 Å². The van der Waals surface area contributed by atoms with Gasteiger partial charge in [-0.05, 0) is 0 Å². The van der Waals surface area contributed by atoms with Crippen molar-refractivity contribution in [3.05, 3.63) is 45.6 Å². The maximum atomic E-state index is 3.52. The molecule has 0 fully saturated rings. The van der Waals surface area contributed by atoms with Crippen LogP contribution in [0, 0.1) is 8.17 Å². The molecule has 48 valence electrons. The molecule has 0 aromatic rings. The average molecular weight is 231 g/mol. The smallest absolute Gasteiger partial charge is 0.118 e. The average Bonchev–Trinajstić information content (AvgIpc) is 1.89. The van der Waals surface area contributed by atoms with E-state index in [2.05, 4.69) is 21.3 Å². The minimum absolute atomic E-state index is 0.142. The Labute approximate surface area is 66.9 Å². The first-order chi connectivity index (χ1) is 4.41. The molecule has 0 unspecified atom stereocenters. The molecule has 0 rings (SSSR count). The number of hydrogen-bond donors (Lipinski definition) is 0. The molecule has 0 saturated heterocycles. The Morgan fingerprint density at radius 2 is 1.44 bits per heavy atom. The van der Waals surface area contributed by atoms with E-state index in [1.807, 2.05) is 12.2 Å². The third-order valence-electron chi connectivity index (χ3n) is 0.471. The Balaban J connectivity index is 3.27. The Hall–Kier alpha value is -0.310. The van der Waals surface area contributed by atoms with Crippen LogP contribution in [0.3, 0.4) is 0 Å². The minimum Gasteiger partial charge on any atom is -0.214 e. The largest absolute Gasteiger partial charge is 0.214 e. The van der Waals surface area contributed by atoms with Gasteiger partial charge >= 0.3 is 0 Å². The molecule has 0 heterocycles. The third-order valence-corrected chi connectivity index (χ3v) is 1.81. The van der Waals surface area contributed by atoms with Crippen LogP contribution in [-0.2, 0) is 0 Å². The van der Waals surface area contributed by atoms with Crippen LogP contribution in [0.1, 0.15) is 0 Å². The molecular formula is C8H8I-. The molecule has 0 N–H and O–H groups in total. The van der Waals surface area contributed by atoms with Gasteiger partial charge in [-0.2, -0.15) is 25.3 Å². The van der Waals surface area contributed by atoms with Gasteiger partial charge in [-0.1, -0.05) is 0 Å². The molecule has 0 aliphatic rings. The van der Waals surface area contributed by atoms with E-state index in [-0.39, 0.29) is 21.2 Å². The van der Waals surface area contributed by atoms with Crippen LogP contribution >= 0.6 is 0 Å². The first-order valence-electron chi connectivity index (χ1n) is 2.44. The number of hydrogen-bond acceptors (Lipinski definition) is 0. The Morgan fingerprint density at radius 3 is 1.78 bits per heavy atom. The van der Waals surface area contributed by atoms with Crippen LogP contribution in [0.25, 0.3) is 0 Å². The molecule has 1 heteroatoms. The number of allylic oxidation sites excluding steroid dienone is 4. The predicted molar refractivity (Wildman–Crippen MR) is 36.0 cm³/mol. The van der Waals surface area contributed by atoms with Crippen molar-refractivity contribution in [2.24, 2.45) is 0 Å². The second-order valence-electron chi connectivity index (χ2n) is 1.12. The highest BCUT2D eigenvalue weighted by Gasteiger charge is 1.68. The van der Waals surface area contributed by atoms with Gasteiger partial charge in [-0.25, -0.2) is 12.2 Å². The van der Waals surface area contributed by atoms with Crippen molar-refractivity contribution >= 4 is 0 Å². The number of halogens is 1. The second-order valence-corrected chi connectivity index (χ2v) is 2.90. The summed E-state index contributed by atoms with van der Waals surface area (Å²) < 4.78 is 6.09. The highest BCUT2D eigenvalue weighted by atomic mass is 127.